The fourth-order valence-electron chi connectivity index (χ4n) is 5.01. The van der Waals surface area contributed by atoms with Gasteiger partial charge in [0.05, 0.1) is 6.04 Å². The first kappa shape index (κ1) is 23.6. The molecule has 0 saturated heterocycles. The van der Waals surface area contributed by atoms with Crippen LogP contribution in [-0.4, -0.2) is 10.9 Å². The molecule has 4 aromatic carbocycles. The molecule has 3 nitrogen and oxygen atoms in total. The molecular formula is C32H29FN2O. The number of carbonyl (C=O) groups excluding carboxylic acids is 1. The topological polar surface area (TPSA) is 44.9 Å². The fourth-order valence-corrected chi connectivity index (χ4v) is 5.01. The van der Waals surface area contributed by atoms with Crippen molar-refractivity contribution in [3.8, 4) is 0 Å². The first-order chi connectivity index (χ1) is 17.6. The molecule has 0 fully saturated rings. The molecule has 4 heteroatoms. The Bertz CT molecular complexity index is 1420. The highest BCUT2D eigenvalue weighted by Crippen LogP contribution is 2.35. The van der Waals surface area contributed by atoms with Gasteiger partial charge in [-0.25, -0.2) is 4.39 Å². The van der Waals surface area contributed by atoms with Crippen LogP contribution in [0.25, 0.3) is 10.9 Å². The van der Waals surface area contributed by atoms with Gasteiger partial charge in [0.25, 0.3) is 0 Å². The molecule has 0 radical (unpaired) electrons. The SMILES string of the molecule is CCc1cccc2c([C@H](CC(=O)NC(c3ccccc3)c3ccccc3)c3cccc(F)c3)c[nH]c12. The van der Waals surface area contributed by atoms with Crippen molar-refractivity contribution in [2.24, 2.45) is 0 Å². The van der Waals surface area contributed by atoms with Gasteiger partial charge in [0.15, 0.2) is 0 Å². The highest BCUT2D eigenvalue weighted by Gasteiger charge is 2.24. The summed E-state index contributed by atoms with van der Waals surface area (Å²) in [6.45, 7) is 2.13. The average Bonchev–Trinajstić information content (AvgIpc) is 3.35. The van der Waals surface area contributed by atoms with E-state index in [0.717, 1.165) is 39.6 Å². The maximum atomic E-state index is 14.3. The van der Waals surface area contributed by atoms with Crippen LogP contribution >= 0.6 is 0 Å². The summed E-state index contributed by atoms with van der Waals surface area (Å²) in [4.78, 5) is 17.0. The third-order valence-electron chi connectivity index (χ3n) is 6.80. The van der Waals surface area contributed by atoms with Crippen molar-refractivity contribution in [1.82, 2.24) is 10.3 Å². The maximum Gasteiger partial charge on any atom is 0.221 e. The van der Waals surface area contributed by atoms with Gasteiger partial charge in [0.1, 0.15) is 5.82 Å². The van der Waals surface area contributed by atoms with Crippen LogP contribution < -0.4 is 5.32 Å². The first-order valence-electron chi connectivity index (χ1n) is 12.4. The van der Waals surface area contributed by atoms with E-state index in [1.54, 1.807) is 6.07 Å². The Balaban J connectivity index is 1.51. The standard InChI is InChI=1S/C32H29FN2O/c1-2-22-15-10-18-27-29(21-34-32(22)27)28(25-16-9-17-26(33)19-25)20-30(36)35-31(23-11-5-3-6-12-23)24-13-7-4-8-14-24/h3-19,21,28,31,34H,2,20H2,1H3,(H,35,36)/t28-/m1/s1. The minimum Gasteiger partial charge on any atom is -0.361 e. The molecule has 180 valence electrons. The predicted octanol–water partition coefficient (Wildman–Crippen LogP) is 7.30. The molecule has 0 saturated carbocycles. The van der Waals surface area contributed by atoms with Gasteiger partial charge in [-0.05, 0) is 46.4 Å². The molecule has 0 aliphatic carbocycles. The second-order valence-electron chi connectivity index (χ2n) is 9.07. The van der Waals surface area contributed by atoms with Crippen molar-refractivity contribution in [2.45, 2.75) is 31.7 Å². The summed E-state index contributed by atoms with van der Waals surface area (Å²) >= 11 is 0. The minimum absolute atomic E-state index is 0.0945. The Morgan fingerprint density at radius 2 is 1.47 bits per heavy atom. The van der Waals surface area contributed by atoms with Crippen molar-refractivity contribution in [3.05, 3.63) is 143 Å². The Labute approximate surface area is 211 Å². The second-order valence-corrected chi connectivity index (χ2v) is 9.07. The zero-order chi connectivity index (χ0) is 24.9. The molecule has 36 heavy (non-hydrogen) atoms. The Hall–Kier alpha value is -4.18. The van der Waals surface area contributed by atoms with E-state index in [2.05, 4.69) is 29.4 Å². The van der Waals surface area contributed by atoms with E-state index in [-0.39, 0.29) is 30.1 Å². The highest BCUT2D eigenvalue weighted by atomic mass is 19.1. The lowest BCUT2D eigenvalue weighted by molar-refractivity contribution is -0.121. The van der Waals surface area contributed by atoms with Crippen LogP contribution in [0.2, 0.25) is 0 Å². The Kier molecular flexibility index (Phi) is 6.94. The lowest BCUT2D eigenvalue weighted by Gasteiger charge is -2.23. The molecule has 0 unspecified atom stereocenters. The van der Waals surface area contributed by atoms with Gasteiger partial charge in [-0.3, -0.25) is 4.79 Å². The number of nitrogens with one attached hydrogen (secondary N) is 2. The van der Waals surface area contributed by atoms with Gasteiger partial charge >= 0.3 is 0 Å². The van der Waals surface area contributed by atoms with E-state index in [1.165, 1.54) is 17.7 Å². The first-order valence-corrected chi connectivity index (χ1v) is 12.4. The van der Waals surface area contributed by atoms with Crippen LogP contribution in [0.4, 0.5) is 4.39 Å². The van der Waals surface area contributed by atoms with Crippen molar-refractivity contribution >= 4 is 16.8 Å². The second kappa shape index (κ2) is 10.6. The fraction of sp³-hybridized carbons (Fsp3) is 0.156. The Morgan fingerprint density at radius 1 is 0.833 bits per heavy atom. The van der Waals surface area contributed by atoms with Gasteiger partial charge in [-0.15, -0.1) is 0 Å². The molecule has 1 atom stereocenters. The van der Waals surface area contributed by atoms with Gasteiger partial charge < -0.3 is 10.3 Å². The zero-order valence-electron chi connectivity index (χ0n) is 20.2. The lowest BCUT2D eigenvalue weighted by Crippen LogP contribution is -2.30. The molecule has 2 N–H and O–H groups in total. The van der Waals surface area contributed by atoms with Crippen LogP contribution in [-0.2, 0) is 11.2 Å². The molecule has 0 bridgehead atoms. The van der Waals surface area contributed by atoms with E-state index in [4.69, 9.17) is 0 Å². The number of benzene rings is 4. The number of amides is 1. The van der Waals surface area contributed by atoms with Gasteiger partial charge in [0, 0.05) is 29.4 Å². The smallest absolute Gasteiger partial charge is 0.221 e. The van der Waals surface area contributed by atoms with Crippen LogP contribution in [0, 0.1) is 5.82 Å². The van der Waals surface area contributed by atoms with Crippen molar-refractivity contribution in [1.29, 1.82) is 0 Å². The number of aromatic amines is 1. The number of fused-ring (bicyclic) bond motifs is 1. The van der Waals surface area contributed by atoms with E-state index in [9.17, 15) is 9.18 Å². The summed E-state index contributed by atoms with van der Waals surface area (Å²) in [5.74, 6) is -0.699. The number of rotatable bonds is 8. The van der Waals surface area contributed by atoms with Gasteiger partial charge in [-0.1, -0.05) is 97.9 Å². The number of hydrogen-bond donors (Lipinski definition) is 2. The van der Waals surface area contributed by atoms with E-state index >= 15 is 0 Å². The quantitative estimate of drug-likeness (QED) is 0.243. The monoisotopic (exact) mass is 476 g/mol. The average molecular weight is 477 g/mol. The van der Waals surface area contributed by atoms with Crippen LogP contribution in [0.5, 0.6) is 0 Å². The maximum absolute atomic E-state index is 14.3. The van der Waals surface area contributed by atoms with E-state index in [1.807, 2.05) is 79.0 Å². The number of carbonyl (C=O) groups is 1. The summed E-state index contributed by atoms with van der Waals surface area (Å²) in [7, 11) is 0. The number of aromatic nitrogens is 1. The van der Waals surface area contributed by atoms with Crippen LogP contribution in [0.1, 0.15) is 53.1 Å². The number of halogens is 1. The number of hydrogen-bond acceptors (Lipinski definition) is 1. The molecule has 1 amide bonds. The predicted molar refractivity (Wildman–Crippen MR) is 143 cm³/mol. The molecule has 0 aliphatic rings. The molecule has 1 heterocycles. The summed E-state index contributed by atoms with van der Waals surface area (Å²) in [6.07, 6.45) is 3.07. The number of aryl methyl sites for hydroxylation is 1. The third kappa shape index (κ3) is 4.94. The molecule has 0 spiro atoms. The van der Waals surface area contributed by atoms with E-state index < -0.39 is 0 Å². The Morgan fingerprint density at radius 3 is 2.11 bits per heavy atom. The van der Waals surface area contributed by atoms with Crippen LogP contribution in [0.15, 0.2) is 109 Å². The zero-order valence-corrected chi connectivity index (χ0v) is 20.2. The minimum atomic E-state index is -0.307. The highest BCUT2D eigenvalue weighted by molar-refractivity contribution is 5.88. The van der Waals surface area contributed by atoms with Crippen LogP contribution in [0.3, 0.4) is 0 Å². The summed E-state index contributed by atoms with van der Waals surface area (Å²) in [6, 6.07) is 32.4. The molecule has 5 aromatic rings. The van der Waals surface area contributed by atoms with E-state index in [0.29, 0.717) is 0 Å². The molecule has 5 rings (SSSR count). The van der Waals surface area contributed by atoms with Crippen molar-refractivity contribution < 1.29 is 9.18 Å². The third-order valence-corrected chi connectivity index (χ3v) is 6.80. The summed E-state index contributed by atoms with van der Waals surface area (Å²) < 4.78 is 14.3. The normalized spacial score (nSPS) is 12.1. The van der Waals surface area contributed by atoms with Crippen molar-refractivity contribution in [3.63, 3.8) is 0 Å². The van der Waals surface area contributed by atoms with Crippen molar-refractivity contribution in [2.75, 3.05) is 0 Å². The molecule has 0 aliphatic heterocycles. The van der Waals surface area contributed by atoms with Gasteiger partial charge in [0.2, 0.25) is 5.91 Å². The summed E-state index contributed by atoms with van der Waals surface area (Å²) in [5.41, 5.74) is 6.09. The lowest BCUT2D eigenvalue weighted by atomic mass is 9.87. The number of H-pyrrole nitrogens is 1. The molecular weight excluding hydrogens is 447 g/mol. The largest absolute Gasteiger partial charge is 0.361 e. The van der Waals surface area contributed by atoms with Gasteiger partial charge in [-0.2, -0.15) is 0 Å². The summed E-state index contributed by atoms with van der Waals surface area (Å²) in [5, 5.41) is 4.32. The molecule has 1 aromatic heterocycles. The number of para-hydroxylation sites is 1.